The Balaban J connectivity index is 1.48. The molecule has 8 nitrogen and oxygen atoms in total. The molecule has 41 heavy (non-hydrogen) atoms. The van der Waals surface area contributed by atoms with E-state index in [1.54, 1.807) is 33.3 Å². The summed E-state index contributed by atoms with van der Waals surface area (Å²) >= 11 is 0. The predicted molar refractivity (Wildman–Crippen MR) is 160 cm³/mol. The number of para-hydroxylation sites is 3. The van der Waals surface area contributed by atoms with Crippen LogP contribution in [-0.2, 0) is 17.1 Å². The van der Waals surface area contributed by atoms with Gasteiger partial charge in [-0.3, -0.25) is 0 Å². The second-order valence-corrected chi connectivity index (χ2v) is 12.4. The van der Waals surface area contributed by atoms with Gasteiger partial charge in [-0.05, 0) is 61.2 Å². The predicted octanol–water partition coefficient (Wildman–Crippen LogP) is 5.91. The molecule has 1 aliphatic rings. The number of hydrogen-bond acceptors (Lipinski definition) is 5. The van der Waals surface area contributed by atoms with E-state index < -0.39 is 10.0 Å². The van der Waals surface area contributed by atoms with Crippen molar-refractivity contribution < 1.29 is 8.42 Å². The van der Waals surface area contributed by atoms with Crippen molar-refractivity contribution in [3.63, 3.8) is 0 Å². The van der Waals surface area contributed by atoms with Gasteiger partial charge >= 0.3 is 0 Å². The van der Waals surface area contributed by atoms with Crippen LogP contribution >= 0.6 is 0 Å². The first-order valence-corrected chi connectivity index (χ1v) is 15.1. The van der Waals surface area contributed by atoms with E-state index in [0.717, 1.165) is 29.6 Å². The number of imidazole rings is 1. The number of piperidine rings is 1. The molecule has 3 heterocycles. The summed E-state index contributed by atoms with van der Waals surface area (Å²) in [5.41, 5.74) is 4.86. The number of nitrogens with zero attached hydrogens (tertiary/aromatic N) is 6. The number of aryl methyl sites for hydroxylation is 1. The lowest BCUT2D eigenvalue weighted by Gasteiger charge is -2.30. The molecule has 0 bridgehead atoms. The van der Waals surface area contributed by atoms with Crippen LogP contribution in [0.25, 0.3) is 39.6 Å². The molecule has 0 saturated carbocycles. The van der Waals surface area contributed by atoms with Gasteiger partial charge in [-0.1, -0.05) is 49.4 Å². The van der Waals surface area contributed by atoms with Crippen LogP contribution in [-0.4, -0.2) is 45.1 Å². The zero-order valence-corrected chi connectivity index (χ0v) is 23.8. The summed E-state index contributed by atoms with van der Waals surface area (Å²) in [6.07, 6.45) is 5.52. The van der Waals surface area contributed by atoms with E-state index in [2.05, 4.69) is 13.0 Å². The van der Waals surface area contributed by atoms with Crippen molar-refractivity contribution in [2.24, 2.45) is 13.0 Å². The normalized spacial score (nSPS) is 16.6. The average Bonchev–Trinajstić information content (AvgIpc) is 3.57. The third-order valence-corrected chi connectivity index (χ3v) is 9.44. The molecule has 1 atom stereocenters. The minimum Gasteiger partial charge on any atom is -0.327 e. The quantitative estimate of drug-likeness (QED) is 0.240. The molecule has 0 radical (unpaired) electrons. The molecule has 5 aromatic rings. The number of nitriles is 1. The molecular formula is C32H30N6O2S. The summed E-state index contributed by atoms with van der Waals surface area (Å²) in [5.74, 6) is 0.870. The van der Waals surface area contributed by atoms with Crippen LogP contribution in [0.4, 0.5) is 0 Å². The van der Waals surface area contributed by atoms with Crippen molar-refractivity contribution >= 4 is 32.7 Å². The lowest BCUT2D eigenvalue weighted by molar-refractivity contribution is 0.281. The lowest BCUT2D eigenvalue weighted by Crippen LogP contribution is -2.39. The molecule has 0 spiro atoms. The van der Waals surface area contributed by atoms with Crippen LogP contribution in [0.15, 0.2) is 90.0 Å². The number of hydrogen-bond donors (Lipinski definition) is 0. The summed E-state index contributed by atoms with van der Waals surface area (Å²) in [5, 5.41) is 15.1. The van der Waals surface area contributed by atoms with E-state index in [0.29, 0.717) is 47.2 Å². The number of sulfonamides is 1. The van der Waals surface area contributed by atoms with Gasteiger partial charge < -0.3 is 4.57 Å². The van der Waals surface area contributed by atoms with Crippen LogP contribution < -0.4 is 0 Å². The molecule has 9 heteroatoms. The SMILES string of the molecule is CC1CCCN(S(=O)(=O)c2cccc(-c3nn(-c4ccccc4)cc3C=C(C#N)c3nc4ccccc4n3C)c2)C1. The summed E-state index contributed by atoms with van der Waals surface area (Å²) in [6, 6.07) is 26.7. The minimum absolute atomic E-state index is 0.240. The Kier molecular flexibility index (Phi) is 7.03. The van der Waals surface area contributed by atoms with Crippen molar-refractivity contribution in [3.05, 3.63) is 96.4 Å². The maximum Gasteiger partial charge on any atom is 0.243 e. The Bertz CT molecular complexity index is 1910. The van der Waals surface area contributed by atoms with Crippen molar-refractivity contribution in [1.29, 1.82) is 5.26 Å². The summed E-state index contributed by atoms with van der Waals surface area (Å²) in [7, 11) is -1.77. The highest BCUT2D eigenvalue weighted by Crippen LogP contribution is 2.31. The van der Waals surface area contributed by atoms with E-state index in [4.69, 9.17) is 10.1 Å². The maximum atomic E-state index is 13.6. The Morgan fingerprint density at radius 1 is 1.05 bits per heavy atom. The van der Waals surface area contributed by atoms with Crippen LogP contribution in [0.1, 0.15) is 31.2 Å². The van der Waals surface area contributed by atoms with Crippen molar-refractivity contribution in [3.8, 4) is 23.0 Å². The Labute approximate surface area is 239 Å². The third-order valence-electron chi connectivity index (χ3n) is 7.58. The first kappa shape index (κ1) is 26.7. The standard InChI is InChI=1S/C32H30N6O2S/c1-23-10-9-17-37(21-23)41(39,40)28-14-8-11-24(19-28)31-26(22-38(35-31)27-12-4-3-5-13-27)18-25(20-33)32-34-29-15-6-7-16-30(29)36(32)2/h3-8,11-16,18-19,22-23H,9-10,17,21H2,1-2H3. The average molecular weight is 563 g/mol. The monoisotopic (exact) mass is 562 g/mol. The largest absolute Gasteiger partial charge is 0.327 e. The molecule has 1 aliphatic heterocycles. The minimum atomic E-state index is -3.66. The number of fused-ring (bicyclic) bond motifs is 1. The second-order valence-electron chi connectivity index (χ2n) is 10.5. The second kappa shape index (κ2) is 10.8. The van der Waals surface area contributed by atoms with E-state index in [1.807, 2.05) is 78.5 Å². The topological polar surface area (TPSA) is 96.8 Å². The fourth-order valence-corrected chi connectivity index (χ4v) is 7.08. The molecule has 0 amide bonds. The third kappa shape index (κ3) is 5.08. The Morgan fingerprint density at radius 2 is 1.83 bits per heavy atom. The molecular weight excluding hydrogens is 532 g/mol. The lowest BCUT2D eigenvalue weighted by atomic mass is 10.0. The van der Waals surface area contributed by atoms with Crippen LogP contribution in [0, 0.1) is 17.2 Å². The molecule has 1 saturated heterocycles. The summed E-state index contributed by atoms with van der Waals surface area (Å²) < 4.78 is 32.4. The maximum absolute atomic E-state index is 13.6. The van der Waals surface area contributed by atoms with Crippen molar-refractivity contribution in [2.75, 3.05) is 13.1 Å². The van der Waals surface area contributed by atoms with Crippen LogP contribution in [0.5, 0.6) is 0 Å². The van der Waals surface area contributed by atoms with Crippen molar-refractivity contribution in [2.45, 2.75) is 24.7 Å². The highest BCUT2D eigenvalue weighted by Gasteiger charge is 2.29. The van der Waals surface area contributed by atoms with Crippen molar-refractivity contribution in [1.82, 2.24) is 23.6 Å². The number of rotatable bonds is 6. The molecule has 2 aromatic heterocycles. The Morgan fingerprint density at radius 3 is 2.59 bits per heavy atom. The van der Waals surface area contributed by atoms with E-state index in [-0.39, 0.29) is 4.90 Å². The molecule has 0 N–H and O–H groups in total. The molecule has 206 valence electrons. The molecule has 0 aliphatic carbocycles. The number of benzene rings is 3. The van der Waals surface area contributed by atoms with Gasteiger partial charge in [0, 0.05) is 37.5 Å². The zero-order chi connectivity index (χ0) is 28.6. The fourth-order valence-electron chi connectivity index (χ4n) is 5.44. The van der Waals surface area contributed by atoms with Gasteiger partial charge in [0.25, 0.3) is 0 Å². The molecule has 1 fully saturated rings. The number of aromatic nitrogens is 4. The number of allylic oxidation sites excluding steroid dienone is 1. The summed E-state index contributed by atoms with van der Waals surface area (Å²) in [4.78, 5) is 4.95. The van der Waals surface area contributed by atoms with Gasteiger partial charge in [0.05, 0.1) is 27.2 Å². The van der Waals surface area contributed by atoms with Crippen LogP contribution in [0.3, 0.4) is 0 Å². The van der Waals surface area contributed by atoms with Gasteiger partial charge in [0.1, 0.15) is 11.8 Å². The van der Waals surface area contributed by atoms with E-state index in [1.165, 1.54) is 0 Å². The van der Waals surface area contributed by atoms with Gasteiger partial charge in [-0.25, -0.2) is 18.1 Å². The fraction of sp³-hybridized carbons (Fsp3) is 0.219. The Hall–Kier alpha value is -4.52. The zero-order valence-electron chi connectivity index (χ0n) is 23.0. The van der Waals surface area contributed by atoms with Gasteiger partial charge in [-0.15, -0.1) is 0 Å². The molecule has 3 aromatic carbocycles. The van der Waals surface area contributed by atoms with Gasteiger partial charge in [0.2, 0.25) is 10.0 Å². The van der Waals surface area contributed by atoms with Gasteiger partial charge in [-0.2, -0.15) is 14.7 Å². The molecule has 1 unspecified atom stereocenters. The van der Waals surface area contributed by atoms with Gasteiger partial charge in [0.15, 0.2) is 5.82 Å². The first-order valence-electron chi connectivity index (χ1n) is 13.6. The highest BCUT2D eigenvalue weighted by atomic mass is 32.2. The smallest absolute Gasteiger partial charge is 0.243 e. The summed E-state index contributed by atoms with van der Waals surface area (Å²) in [6.45, 7) is 3.13. The van der Waals surface area contributed by atoms with E-state index >= 15 is 0 Å². The first-order chi connectivity index (χ1) is 19.8. The van der Waals surface area contributed by atoms with Crippen LogP contribution in [0.2, 0.25) is 0 Å². The molecule has 6 rings (SSSR count). The highest BCUT2D eigenvalue weighted by molar-refractivity contribution is 7.89. The van der Waals surface area contributed by atoms with E-state index in [9.17, 15) is 13.7 Å².